The third-order valence-corrected chi connectivity index (χ3v) is 9.33. The van der Waals surface area contributed by atoms with Crippen molar-refractivity contribution in [1.29, 1.82) is 0 Å². The molecule has 8 aromatic rings. The van der Waals surface area contributed by atoms with Gasteiger partial charge in [0.1, 0.15) is 28.8 Å². The second-order valence-corrected chi connectivity index (χ2v) is 12.2. The van der Waals surface area contributed by atoms with Gasteiger partial charge in [0.05, 0.1) is 0 Å². The van der Waals surface area contributed by atoms with Crippen molar-refractivity contribution in [3.8, 4) is 11.1 Å². The third-order valence-electron chi connectivity index (χ3n) is 9.33. The van der Waals surface area contributed by atoms with E-state index in [0.717, 1.165) is 78.0 Å². The number of nitrogens with zero attached hydrogens (tertiary/aromatic N) is 2. The number of anilines is 1. The van der Waals surface area contributed by atoms with Gasteiger partial charge >= 0.3 is 0 Å². The van der Waals surface area contributed by atoms with Crippen LogP contribution in [0.5, 0.6) is 0 Å². The topological polar surface area (TPSA) is 75.1 Å². The first-order valence-electron chi connectivity index (χ1n) is 16.2. The van der Waals surface area contributed by atoms with Crippen LogP contribution < -0.4 is 10.6 Å². The molecule has 2 aliphatic heterocycles. The monoisotopic (exact) mass is 620 g/mol. The molecule has 6 aromatic carbocycles. The van der Waals surface area contributed by atoms with Crippen LogP contribution in [0, 0.1) is 0 Å². The number of amidine groups is 2. The lowest BCUT2D eigenvalue weighted by Gasteiger charge is -2.25. The Morgan fingerprint density at radius 2 is 1.46 bits per heavy atom. The Labute approximate surface area is 275 Å². The van der Waals surface area contributed by atoms with E-state index >= 15 is 0 Å². The number of hydrogen-bond acceptors (Lipinski definition) is 6. The maximum atomic E-state index is 6.50. The standard InChI is InChI=1S/C42H28N4O2/c1-2-11-26(12-3-1)39-44-40(31-15-8-18-35-37(31)30-14-6-7-17-34(30)47-35)46-41(45-39)33-23-29(28-20-19-25-10-4-5-13-27(25)22-28)24-36-38(33)32-16-9-21-43-42(32)48-36/h1-20,22-24,40,43H,21H2,(H,44,45,46). The van der Waals surface area contributed by atoms with Crippen LogP contribution in [0.25, 0.3) is 60.9 Å². The molecule has 0 bridgehead atoms. The Balaban J connectivity index is 1.21. The summed E-state index contributed by atoms with van der Waals surface area (Å²) in [5.74, 6) is 2.16. The summed E-state index contributed by atoms with van der Waals surface area (Å²) in [4.78, 5) is 10.5. The van der Waals surface area contributed by atoms with Crippen molar-refractivity contribution < 1.29 is 8.83 Å². The highest BCUT2D eigenvalue weighted by atomic mass is 16.4. The van der Waals surface area contributed by atoms with Gasteiger partial charge in [0, 0.05) is 45.0 Å². The Hall–Kier alpha value is -6.40. The molecule has 0 fully saturated rings. The average Bonchev–Trinajstić information content (AvgIpc) is 3.73. The molecular formula is C42H28N4O2. The Morgan fingerprint density at radius 3 is 2.40 bits per heavy atom. The Morgan fingerprint density at radius 1 is 0.625 bits per heavy atom. The first-order chi connectivity index (χ1) is 23.8. The molecule has 0 saturated carbocycles. The predicted octanol–water partition coefficient (Wildman–Crippen LogP) is 10.1. The van der Waals surface area contributed by atoms with Crippen molar-refractivity contribution in [1.82, 2.24) is 5.32 Å². The van der Waals surface area contributed by atoms with Crippen LogP contribution in [0.3, 0.4) is 0 Å². The number of aliphatic imine (C=N–C) groups is 2. The van der Waals surface area contributed by atoms with Gasteiger partial charge in [0.2, 0.25) is 5.88 Å². The van der Waals surface area contributed by atoms with Crippen molar-refractivity contribution in [3.63, 3.8) is 0 Å². The van der Waals surface area contributed by atoms with Crippen LogP contribution in [0.15, 0.2) is 152 Å². The van der Waals surface area contributed by atoms with Crippen molar-refractivity contribution in [2.24, 2.45) is 9.98 Å². The van der Waals surface area contributed by atoms with E-state index in [1.54, 1.807) is 0 Å². The summed E-state index contributed by atoms with van der Waals surface area (Å²) in [6.07, 6.45) is 3.84. The highest BCUT2D eigenvalue weighted by molar-refractivity contribution is 6.20. The summed E-state index contributed by atoms with van der Waals surface area (Å²) in [5.41, 5.74) is 8.57. The van der Waals surface area contributed by atoms with Crippen LogP contribution in [-0.4, -0.2) is 18.2 Å². The maximum absolute atomic E-state index is 6.50. The number of fused-ring (bicyclic) bond motifs is 7. The Bertz CT molecular complexity index is 2660. The van der Waals surface area contributed by atoms with E-state index in [-0.39, 0.29) is 0 Å². The molecule has 1 unspecified atom stereocenters. The van der Waals surface area contributed by atoms with E-state index in [0.29, 0.717) is 12.4 Å². The summed E-state index contributed by atoms with van der Waals surface area (Å²) in [6.45, 7) is 0.717. The molecular weight excluding hydrogens is 592 g/mol. The molecule has 0 spiro atoms. The van der Waals surface area contributed by atoms with Gasteiger partial charge in [-0.3, -0.25) is 0 Å². The summed E-state index contributed by atoms with van der Waals surface area (Å²) in [6, 6.07) is 43.9. The first-order valence-corrected chi connectivity index (χ1v) is 16.2. The maximum Gasteiger partial charge on any atom is 0.201 e. The van der Waals surface area contributed by atoms with Gasteiger partial charge < -0.3 is 19.5 Å². The second kappa shape index (κ2) is 10.6. The number of nitrogens with one attached hydrogen (secondary N) is 2. The zero-order valence-electron chi connectivity index (χ0n) is 25.8. The molecule has 6 nitrogen and oxygen atoms in total. The van der Waals surface area contributed by atoms with E-state index in [9.17, 15) is 0 Å². The summed E-state index contributed by atoms with van der Waals surface area (Å²) in [7, 11) is 0. The molecule has 0 amide bonds. The zero-order valence-corrected chi connectivity index (χ0v) is 25.8. The van der Waals surface area contributed by atoms with E-state index in [1.165, 1.54) is 10.8 Å². The van der Waals surface area contributed by atoms with Crippen LogP contribution in [0.2, 0.25) is 0 Å². The number of para-hydroxylation sites is 1. The van der Waals surface area contributed by atoms with Crippen LogP contribution >= 0.6 is 0 Å². The van der Waals surface area contributed by atoms with Crippen LogP contribution in [-0.2, 0) is 0 Å². The zero-order chi connectivity index (χ0) is 31.6. The number of furan rings is 2. The first kappa shape index (κ1) is 26.8. The highest BCUT2D eigenvalue weighted by Gasteiger charge is 2.28. The molecule has 4 heterocycles. The van der Waals surface area contributed by atoms with Crippen molar-refractivity contribution in [2.75, 3.05) is 11.9 Å². The van der Waals surface area contributed by atoms with Gasteiger partial charge in [-0.1, -0.05) is 109 Å². The lowest BCUT2D eigenvalue weighted by Crippen LogP contribution is -2.34. The molecule has 1 atom stereocenters. The third kappa shape index (κ3) is 4.27. The largest absolute Gasteiger partial charge is 0.456 e. The molecule has 0 radical (unpaired) electrons. The highest BCUT2D eigenvalue weighted by Crippen LogP contribution is 2.40. The molecule has 48 heavy (non-hydrogen) atoms. The van der Waals surface area contributed by atoms with Gasteiger partial charge in [0.15, 0.2) is 5.84 Å². The fraction of sp³-hybridized carbons (Fsp3) is 0.0476. The van der Waals surface area contributed by atoms with E-state index in [1.807, 2.05) is 48.5 Å². The van der Waals surface area contributed by atoms with Crippen molar-refractivity contribution >= 4 is 67.3 Å². The fourth-order valence-corrected chi connectivity index (χ4v) is 7.09. The Kier molecular flexibility index (Phi) is 5.90. The molecule has 2 N–H and O–H groups in total. The molecule has 2 aliphatic rings. The van der Waals surface area contributed by atoms with E-state index < -0.39 is 6.17 Å². The molecule has 10 rings (SSSR count). The van der Waals surface area contributed by atoms with Crippen LogP contribution in [0.4, 0.5) is 5.88 Å². The minimum atomic E-state index is -0.423. The molecule has 2 aromatic heterocycles. The molecule has 228 valence electrons. The number of hydrogen-bond donors (Lipinski definition) is 2. The minimum absolute atomic E-state index is 0.423. The van der Waals surface area contributed by atoms with Gasteiger partial charge in [-0.25, -0.2) is 9.98 Å². The van der Waals surface area contributed by atoms with E-state index in [2.05, 4.69) is 102 Å². The number of benzene rings is 6. The lowest BCUT2D eigenvalue weighted by molar-refractivity contribution is 0.628. The fourth-order valence-electron chi connectivity index (χ4n) is 7.09. The molecule has 0 saturated heterocycles. The molecule has 6 heteroatoms. The lowest BCUT2D eigenvalue weighted by atomic mass is 9.95. The van der Waals surface area contributed by atoms with Gasteiger partial charge in [0.25, 0.3) is 0 Å². The SMILES string of the molecule is C1=Cc2c(oc3cc(-c4ccc5ccccc5c4)cc(C4=NC(c5ccccc5)=NC(c5cccc6oc7ccccc7c56)N4)c23)NC1. The van der Waals surface area contributed by atoms with Crippen molar-refractivity contribution in [3.05, 3.63) is 156 Å². The normalized spacial score (nSPS) is 15.7. The summed E-state index contributed by atoms with van der Waals surface area (Å²) >= 11 is 0. The summed E-state index contributed by atoms with van der Waals surface area (Å²) in [5, 5.41) is 12.7. The van der Waals surface area contributed by atoms with E-state index in [4.69, 9.17) is 18.8 Å². The van der Waals surface area contributed by atoms with Crippen molar-refractivity contribution in [2.45, 2.75) is 6.17 Å². The number of rotatable bonds is 4. The molecule has 0 aliphatic carbocycles. The van der Waals surface area contributed by atoms with Gasteiger partial charge in [-0.05, 0) is 52.2 Å². The van der Waals surface area contributed by atoms with Gasteiger partial charge in [-0.15, -0.1) is 0 Å². The minimum Gasteiger partial charge on any atom is -0.456 e. The smallest absolute Gasteiger partial charge is 0.201 e. The van der Waals surface area contributed by atoms with Crippen LogP contribution in [0.1, 0.15) is 28.4 Å². The average molecular weight is 621 g/mol. The van der Waals surface area contributed by atoms with Gasteiger partial charge in [-0.2, -0.15) is 0 Å². The quantitative estimate of drug-likeness (QED) is 0.205. The predicted molar refractivity (Wildman–Crippen MR) is 196 cm³/mol. The second-order valence-electron chi connectivity index (χ2n) is 12.2. The summed E-state index contributed by atoms with van der Waals surface area (Å²) < 4.78 is 12.8.